The minimum Gasteiger partial charge on any atom is -0.481 e. The molecule has 0 saturated carbocycles. The highest BCUT2D eigenvalue weighted by atomic mass is 32.1. The van der Waals surface area contributed by atoms with Gasteiger partial charge in [-0.15, -0.1) is 0 Å². The van der Waals surface area contributed by atoms with Gasteiger partial charge in [-0.05, 0) is 30.7 Å². The number of aliphatic carboxylic acids is 3. The third-order valence-electron chi connectivity index (χ3n) is 12.4. The van der Waals surface area contributed by atoms with Crippen molar-refractivity contribution in [1.82, 2.24) is 57.2 Å². The molecule has 1 aromatic carbocycles. The second-order valence-corrected chi connectivity index (χ2v) is 19.3. The maximum atomic E-state index is 14.0. The van der Waals surface area contributed by atoms with E-state index in [4.69, 9.17) is 5.73 Å². The van der Waals surface area contributed by atoms with E-state index in [0.717, 1.165) is 0 Å². The summed E-state index contributed by atoms with van der Waals surface area (Å²) in [6.45, 7) is -4.06. The number of aliphatic hydroxyl groups is 12. The summed E-state index contributed by atoms with van der Waals surface area (Å²) in [6, 6.07) is -9.00. The first-order chi connectivity index (χ1) is 40.9. The third kappa shape index (κ3) is 21.8. The number of carboxylic acid groups (broad SMARTS) is 3. The van der Waals surface area contributed by atoms with Crippen LogP contribution in [0.4, 0.5) is 11.6 Å². The summed E-state index contributed by atoms with van der Waals surface area (Å²) in [5.74, 6) is -17.3. The number of rotatable bonds is 37. The average molecular weight is 1260 g/mol. The van der Waals surface area contributed by atoms with Gasteiger partial charge in [0.2, 0.25) is 41.4 Å². The molecule has 26 N–H and O–H groups in total. The Kier molecular flexibility index (Phi) is 29.0. The van der Waals surface area contributed by atoms with Gasteiger partial charge < -0.3 is 125 Å². The van der Waals surface area contributed by atoms with E-state index in [1.54, 1.807) is 26.6 Å². The molecule has 3 aromatic rings. The summed E-state index contributed by atoms with van der Waals surface area (Å²) in [5.41, 5.74) is 5.93. The Morgan fingerprint density at radius 1 is 0.575 bits per heavy atom. The summed E-state index contributed by atoms with van der Waals surface area (Å²) in [6.07, 6.45) is -25.3. The van der Waals surface area contributed by atoms with Gasteiger partial charge in [0.15, 0.2) is 11.2 Å². The standard InChI is InChI=1S/C47H67N13O26S/c48-47-59-38-31(45(84)60-47)52-18(11-51-38)10-50-17-5-3-16(4-6-17)39(78)49-7-1-2-25(67)56-28(35(75)32(72)22(64)12-61)42(81)53-19(8-26(68)69)40(79)57-29(36(76)33(73)23(65)13-62)43(82)54-20(9-27(70)71)41(80)58-30(37(77)34(74)24(66)14-63)44(83)55-21(15-87)46(85)86/h3-6,11,19-24,28-30,32-37,50,61-66,72-77,87H,1-2,7-10,12-15H2,(H,49,78)(H,53,81)(H,54,82)(H,55,83)(H,56,67)(H,57,79)(H,58,80)(H,68,69)(H,70,71)(H,85,86)(H3,48,51,59,60,84)/t19-,20-,21-,22+,23+,24+,28-,29-,30-,32+,33+,34+,35+,36+,37+/m0/s1. The average Bonchev–Trinajstić information content (AvgIpc) is 3.39. The number of carbonyl (C=O) groups is 10. The lowest BCUT2D eigenvalue weighted by Crippen LogP contribution is -2.66. The van der Waals surface area contributed by atoms with E-state index in [-0.39, 0.29) is 42.2 Å². The number of benzene rings is 1. The Labute approximate surface area is 493 Å². The fraction of sp³-hybridized carbons (Fsp3) is 0.532. The zero-order chi connectivity index (χ0) is 65.6. The number of aromatic amines is 1. The van der Waals surface area contributed by atoms with E-state index in [9.17, 15) is 129 Å². The van der Waals surface area contributed by atoms with Crippen molar-refractivity contribution in [3.8, 4) is 0 Å². The van der Waals surface area contributed by atoms with Crippen molar-refractivity contribution in [2.75, 3.05) is 43.2 Å². The third-order valence-corrected chi connectivity index (χ3v) is 12.7. The van der Waals surface area contributed by atoms with Gasteiger partial charge in [0.1, 0.15) is 91.2 Å². The number of nitrogens with one attached hydrogen (secondary N) is 9. The molecular weight excluding hydrogens is 1190 g/mol. The molecule has 0 unspecified atom stereocenters. The van der Waals surface area contributed by atoms with E-state index >= 15 is 0 Å². The van der Waals surface area contributed by atoms with E-state index in [1.165, 1.54) is 30.5 Å². The first-order valence-corrected chi connectivity index (χ1v) is 26.2. The predicted octanol–water partition coefficient (Wildman–Crippen LogP) is -12.5. The van der Waals surface area contributed by atoms with E-state index in [0.29, 0.717) is 11.4 Å². The first-order valence-electron chi connectivity index (χ1n) is 25.6. The Morgan fingerprint density at radius 3 is 1.43 bits per heavy atom. The monoisotopic (exact) mass is 1260 g/mol. The molecule has 0 fully saturated rings. The number of thiol groups is 1. The number of carbonyl (C=O) groups excluding carboxylic acids is 7. The van der Waals surface area contributed by atoms with Gasteiger partial charge in [0.05, 0.1) is 51.1 Å². The topological polar surface area (TPSA) is 668 Å². The Hall–Kier alpha value is -8.39. The van der Waals surface area contributed by atoms with Crippen molar-refractivity contribution in [2.45, 2.75) is 123 Å². The number of amides is 7. The molecule has 0 spiro atoms. The number of nitrogens with zero attached hydrogens (tertiary/aromatic N) is 3. The van der Waals surface area contributed by atoms with Gasteiger partial charge in [-0.1, -0.05) is 0 Å². The number of carboxylic acids is 3. The zero-order valence-electron chi connectivity index (χ0n) is 45.2. The minimum atomic E-state index is -2.88. The first kappa shape index (κ1) is 72.9. The van der Waals surface area contributed by atoms with Crippen LogP contribution in [0.2, 0.25) is 0 Å². The van der Waals surface area contributed by atoms with Crippen LogP contribution in [0, 0.1) is 0 Å². The van der Waals surface area contributed by atoms with Crippen molar-refractivity contribution < 1.29 is 125 Å². The maximum Gasteiger partial charge on any atom is 0.327 e. The fourth-order valence-corrected chi connectivity index (χ4v) is 7.80. The van der Waals surface area contributed by atoms with Gasteiger partial charge in [0, 0.05) is 30.0 Å². The van der Waals surface area contributed by atoms with Crippen LogP contribution in [0.5, 0.6) is 0 Å². The van der Waals surface area contributed by atoms with Crippen LogP contribution < -0.4 is 53.8 Å². The van der Waals surface area contributed by atoms with Crippen molar-refractivity contribution in [3.63, 3.8) is 0 Å². The van der Waals surface area contributed by atoms with Gasteiger partial charge >= 0.3 is 17.9 Å². The molecule has 2 heterocycles. The van der Waals surface area contributed by atoms with Crippen LogP contribution >= 0.6 is 12.6 Å². The van der Waals surface area contributed by atoms with E-state index in [2.05, 4.69) is 43.2 Å². The van der Waals surface area contributed by atoms with Crippen molar-refractivity contribution in [1.29, 1.82) is 0 Å². The Morgan fingerprint density at radius 2 is 1.01 bits per heavy atom. The molecule has 7 amide bonds. The van der Waals surface area contributed by atoms with Crippen LogP contribution in [0.1, 0.15) is 41.7 Å². The number of hydrogen-bond donors (Lipinski definition) is 26. The van der Waals surface area contributed by atoms with Crippen LogP contribution in [0.25, 0.3) is 11.2 Å². The summed E-state index contributed by atoms with van der Waals surface area (Å²) in [4.78, 5) is 157. The highest BCUT2D eigenvalue weighted by molar-refractivity contribution is 7.80. The molecule has 0 radical (unpaired) electrons. The molecule has 0 aliphatic heterocycles. The van der Waals surface area contributed by atoms with Crippen molar-refractivity contribution in [2.24, 2.45) is 0 Å². The van der Waals surface area contributed by atoms with E-state index in [1.807, 2.05) is 5.32 Å². The largest absolute Gasteiger partial charge is 0.481 e. The molecule has 0 aliphatic carbocycles. The smallest absolute Gasteiger partial charge is 0.327 e. The molecular formula is C47H67N13O26S. The number of nitrogen functional groups attached to an aromatic ring is 1. The fourth-order valence-electron chi connectivity index (χ4n) is 7.55. The highest BCUT2D eigenvalue weighted by Gasteiger charge is 2.44. The van der Waals surface area contributed by atoms with Gasteiger partial charge in [-0.2, -0.15) is 17.6 Å². The number of anilines is 2. The molecule has 87 heavy (non-hydrogen) atoms. The Bertz CT molecular complexity index is 2950. The molecule has 482 valence electrons. The SMILES string of the molecule is Nc1nc2ncc(CNc3ccc(C(=O)NCCCC(=O)N[C@H](C(=O)N[C@@H](CC(=O)O)C(=O)N[C@H](C(=O)N[C@@H](CC(=O)O)C(=O)N[C@H](C(=O)N[C@@H](CS)C(=O)O)[C@@H](O)[C@H](O)[C@H](O)CO)[C@@H](O)[C@H](O)[C@H](O)CO)[C@@H](O)[C@H](O)[C@H](O)CO)cc3)nc2c(=O)[nH]1. The molecule has 15 atom stereocenters. The lowest BCUT2D eigenvalue weighted by Gasteiger charge is -2.33. The zero-order valence-corrected chi connectivity index (χ0v) is 46.1. The van der Waals surface area contributed by atoms with Crippen molar-refractivity contribution in [3.05, 3.63) is 52.1 Å². The van der Waals surface area contributed by atoms with Gasteiger partial charge in [-0.3, -0.25) is 52.9 Å². The summed E-state index contributed by atoms with van der Waals surface area (Å²) >= 11 is 3.75. The van der Waals surface area contributed by atoms with E-state index < -0.39 is 201 Å². The summed E-state index contributed by atoms with van der Waals surface area (Å²) < 4.78 is 0. The number of H-pyrrole nitrogens is 1. The van der Waals surface area contributed by atoms with Crippen LogP contribution in [0.15, 0.2) is 35.3 Å². The van der Waals surface area contributed by atoms with Crippen LogP contribution in [-0.2, 0) is 49.7 Å². The molecule has 39 nitrogen and oxygen atoms in total. The maximum absolute atomic E-state index is 14.0. The minimum absolute atomic E-state index is 0.0342. The molecule has 2 aromatic heterocycles. The molecule has 0 bridgehead atoms. The second-order valence-electron chi connectivity index (χ2n) is 18.9. The summed E-state index contributed by atoms with van der Waals surface area (Å²) in [5, 5.41) is 168. The number of fused-ring (bicyclic) bond motifs is 1. The lowest BCUT2D eigenvalue weighted by atomic mass is 9.98. The number of hydrogen-bond acceptors (Lipinski definition) is 29. The summed E-state index contributed by atoms with van der Waals surface area (Å²) in [7, 11) is 0. The normalized spacial score (nSPS) is 16.6. The number of nitrogens with two attached hydrogens (primary N) is 1. The Balaban J connectivity index is 1.84. The van der Waals surface area contributed by atoms with Crippen LogP contribution in [0.3, 0.4) is 0 Å². The predicted molar refractivity (Wildman–Crippen MR) is 291 cm³/mol. The highest BCUT2D eigenvalue weighted by Crippen LogP contribution is 2.15. The number of aromatic nitrogens is 4. The lowest BCUT2D eigenvalue weighted by molar-refractivity contribution is -0.147. The molecule has 0 saturated heterocycles. The molecule has 3 rings (SSSR count). The van der Waals surface area contributed by atoms with Crippen molar-refractivity contribution >= 4 is 94.7 Å². The van der Waals surface area contributed by atoms with Crippen LogP contribution in [-0.4, -0.2) is 279 Å². The van der Waals surface area contributed by atoms with Gasteiger partial charge in [-0.25, -0.2) is 14.8 Å². The van der Waals surface area contributed by atoms with Gasteiger partial charge in [0.25, 0.3) is 11.5 Å². The quantitative estimate of drug-likeness (QED) is 0.0188. The molecule has 0 aliphatic rings. The second kappa shape index (κ2) is 34.7. The molecule has 40 heteroatoms. The number of aliphatic hydroxyl groups excluding tert-OH is 12.